The summed E-state index contributed by atoms with van der Waals surface area (Å²) >= 11 is 1.83. The predicted molar refractivity (Wildman–Crippen MR) is 87.8 cm³/mol. The van der Waals surface area contributed by atoms with E-state index in [1.54, 1.807) is 0 Å². The molecular formula is C17H18N2OS. The number of nitrogens with zero attached hydrogens (tertiary/aromatic N) is 1. The number of rotatable bonds is 2. The van der Waals surface area contributed by atoms with Gasteiger partial charge in [0.15, 0.2) is 0 Å². The predicted octanol–water partition coefficient (Wildman–Crippen LogP) is 3.90. The van der Waals surface area contributed by atoms with E-state index in [0.717, 1.165) is 17.8 Å². The molecule has 2 aromatic carbocycles. The minimum Gasteiger partial charge on any atom is -0.334 e. The fourth-order valence-corrected chi connectivity index (χ4v) is 3.56. The summed E-state index contributed by atoms with van der Waals surface area (Å²) in [6.45, 7) is 3.44. The highest BCUT2D eigenvalue weighted by atomic mass is 32.2. The van der Waals surface area contributed by atoms with E-state index in [2.05, 4.69) is 18.3 Å². The van der Waals surface area contributed by atoms with Crippen molar-refractivity contribution < 1.29 is 4.79 Å². The van der Waals surface area contributed by atoms with Gasteiger partial charge in [-0.2, -0.15) is 0 Å². The van der Waals surface area contributed by atoms with E-state index in [-0.39, 0.29) is 6.03 Å². The van der Waals surface area contributed by atoms with Crippen molar-refractivity contribution in [2.75, 3.05) is 11.4 Å². The molecule has 1 N–H and O–H groups in total. The van der Waals surface area contributed by atoms with Gasteiger partial charge in [0.25, 0.3) is 0 Å². The van der Waals surface area contributed by atoms with Crippen LogP contribution >= 0.6 is 11.8 Å². The summed E-state index contributed by atoms with van der Waals surface area (Å²) in [5.41, 5.74) is 2.12. The summed E-state index contributed by atoms with van der Waals surface area (Å²) in [6.07, 6.45) is 0. The molecule has 0 fully saturated rings. The number of thioether (sulfide) groups is 1. The van der Waals surface area contributed by atoms with Gasteiger partial charge in [-0.3, -0.25) is 4.90 Å². The number of nitrogens with one attached hydrogen (secondary N) is 1. The Hall–Kier alpha value is -1.94. The lowest BCUT2D eigenvalue weighted by Crippen LogP contribution is -2.44. The van der Waals surface area contributed by atoms with Gasteiger partial charge in [0.05, 0.1) is 5.69 Å². The number of carbonyl (C=O) groups excluding carboxylic acids is 1. The van der Waals surface area contributed by atoms with Crippen LogP contribution < -0.4 is 10.2 Å². The third-order valence-corrected chi connectivity index (χ3v) is 4.61. The van der Waals surface area contributed by atoms with Gasteiger partial charge >= 0.3 is 6.03 Å². The summed E-state index contributed by atoms with van der Waals surface area (Å²) in [6, 6.07) is 18.0. The number of urea groups is 1. The number of carbonyl (C=O) groups is 1. The van der Waals surface area contributed by atoms with Crippen molar-refractivity contribution in [1.82, 2.24) is 5.32 Å². The van der Waals surface area contributed by atoms with Gasteiger partial charge in [0.2, 0.25) is 0 Å². The Morgan fingerprint density at radius 3 is 2.71 bits per heavy atom. The molecule has 2 aromatic rings. The van der Waals surface area contributed by atoms with E-state index in [1.807, 2.05) is 65.2 Å². The van der Waals surface area contributed by atoms with E-state index in [0.29, 0.717) is 11.8 Å². The van der Waals surface area contributed by atoms with Gasteiger partial charge in [-0.15, -0.1) is 11.8 Å². The molecule has 0 aliphatic carbocycles. The average Bonchev–Trinajstić information content (AvgIpc) is 2.52. The molecule has 4 heteroatoms. The zero-order valence-electron chi connectivity index (χ0n) is 12.0. The molecular weight excluding hydrogens is 280 g/mol. The minimum absolute atomic E-state index is 0.0292. The summed E-state index contributed by atoms with van der Waals surface area (Å²) in [5.74, 6) is 0. The van der Waals surface area contributed by atoms with Gasteiger partial charge < -0.3 is 5.32 Å². The van der Waals surface area contributed by atoms with Crippen LogP contribution in [-0.4, -0.2) is 17.8 Å². The molecule has 3 nitrogen and oxygen atoms in total. The molecule has 2 amide bonds. The van der Waals surface area contributed by atoms with Crippen LogP contribution in [0.2, 0.25) is 0 Å². The van der Waals surface area contributed by atoms with Crippen LogP contribution in [0, 0.1) is 0 Å². The van der Waals surface area contributed by atoms with Crippen molar-refractivity contribution in [2.24, 2.45) is 0 Å². The molecule has 0 aromatic heterocycles. The first kappa shape index (κ1) is 14.0. The lowest BCUT2D eigenvalue weighted by atomic mass is 10.2. The Morgan fingerprint density at radius 2 is 1.90 bits per heavy atom. The van der Waals surface area contributed by atoms with Crippen LogP contribution in [0.5, 0.6) is 0 Å². The number of hydrogen-bond donors (Lipinski definition) is 1. The third kappa shape index (κ3) is 3.22. The fourth-order valence-electron chi connectivity index (χ4n) is 2.45. The van der Waals surface area contributed by atoms with Crippen molar-refractivity contribution in [3.63, 3.8) is 0 Å². The molecule has 0 saturated carbocycles. The maximum atomic E-state index is 12.5. The average molecular weight is 298 g/mol. The Balaban J connectivity index is 1.73. The molecule has 0 saturated heterocycles. The van der Waals surface area contributed by atoms with Crippen LogP contribution in [-0.2, 0) is 6.54 Å². The first-order valence-corrected chi connectivity index (χ1v) is 7.97. The molecule has 1 aliphatic heterocycles. The van der Waals surface area contributed by atoms with Crippen LogP contribution in [0.25, 0.3) is 0 Å². The van der Waals surface area contributed by atoms with E-state index in [9.17, 15) is 4.79 Å². The van der Waals surface area contributed by atoms with Crippen molar-refractivity contribution in [1.29, 1.82) is 0 Å². The van der Waals surface area contributed by atoms with Gasteiger partial charge in [-0.1, -0.05) is 49.4 Å². The molecule has 1 unspecified atom stereocenters. The monoisotopic (exact) mass is 298 g/mol. The topological polar surface area (TPSA) is 32.3 Å². The zero-order valence-corrected chi connectivity index (χ0v) is 12.8. The number of para-hydroxylation sites is 1. The van der Waals surface area contributed by atoms with E-state index in [1.165, 1.54) is 4.90 Å². The molecule has 3 rings (SSSR count). The lowest BCUT2D eigenvalue weighted by molar-refractivity contribution is 0.245. The van der Waals surface area contributed by atoms with Gasteiger partial charge in [0, 0.05) is 23.2 Å². The third-order valence-electron chi connectivity index (χ3n) is 3.46. The number of fused-ring (bicyclic) bond motifs is 1. The maximum absolute atomic E-state index is 12.5. The van der Waals surface area contributed by atoms with Gasteiger partial charge in [-0.25, -0.2) is 4.79 Å². The lowest BCUT2D eigenvalue weighted by Gasteiger charge is -2.32. The van der Waals surface area contributed by atoms with E-state index in [4.69, 9.17) is 0 Å². The van der Waals surface area contributed by atoms with Crippen LogP contribution in [0.1, 0.15) is 12.5 Å². The Labute approximate surface area is 129 Å². The SMILES string of the molecule is CC1CN(C(=O)NCc2ccccc2)c2ccccc2S1. The molecule has 0 bridgehead atoms. The summed E-state index contributed by atoms with van der Waals surface area (Å²) in [5, 5.41) is 3.41. The second-order valence-corrected chi connectivity index (χ2v) is 6.63. The van der Waals surface area contributed by atoms with Crippen LogP contribution in [0.15, 0.2) is 59.5 Å². The van der Waals surface area contributed by atoms with Gasteiger partial charge in [-0.05, 0) is 17.7 Å². The minimum atomic E-state index is -0.0292. The molecule has 1 heterocycles. The second kappa shape index (κ2) is 6.22. The quantitative estimate of drug-likeness (QED) is 0.912. The smallest absolute Gasteiger partial charge is 0.322 e. The van der Waals surface area contributed by atoms with Gasteiger partial charge in [0.1, 0.15) is 0 Å². The number of benzene rings is 2. The molecule has 0 radical (unpaired) electrons. The first-order valence-electron chi connectivity index (χ1n) is 7.09. The Morgan fingerprint density at radius 1 is 1.19 bits per heavy atom. The molecule has 1 aliphatic rings. The number of anilines is 1. The van der Waals surface area contributed by atoms with Crippen molar-refractivity contribution in [3.8, 4) is 0 Å². The highest BCUT2D eigenvalue weighted by Crippen LogP contribution is 2.37. The van der Waals surface area contributed by atoms with Crippen molar-refractivity contribution in [2.45, 2.75) is 23.6 Å². The molecule has 0 spiro atoms. The fraction of sp³-hybridized carbons (Fsp3) is 0.235. The van der Waals surface area contributed by atoms with E-state index >= 15 is 0 Å². The number of amides is 2. The normalized spacial score (nSPS) is 17.2. The summed E-state index contributed by atoms with van der Waals surface area (Å²) < 4.78 is 0. The molecule has 108 valence electrons. The highest BCUT2D eigenvalue weighted by Gasteiger charge is 2.26. The molecule has 21 heavy (non-hydrogen) atoms. The Bertz CT molecular complexity index is 630. The molecule has 1 atom stereocenters. The largest absolute Gasteiger partial charge is 0.334 e. The van der Waals surface area contributed by atoms with E-state index < -0.39 is 0 Å². The number of hydrogen-bond acceptors (Lipinski definition) is 2. The zero-order chi connectivity index (χ0) is 14.7. The summed E-state index contributed by atoms with van der Waals surface area (Å²) in [4.78, 5) is 15.5. The standard InChI is InChI=1S/C17H18N2OS/c1-13-12-19(15-9-5-6-10-16(15)21-13)17(20)18-11-14-7-3-2-4-8-14/h2-10,13H,11-12H2,1H3,(H,18,20). The Kier molecular flexibility index (Phi) is 4.15. The summed E-state index contributed by atoms with van der Waals surface area (Å²) in [7, 11) is 0. The first-order chi connectivity index (χ1) is 10.2. The van der Waals surface area contributed by atoms with Crippen LogP contribution in [0.4, 0.5) is 10.5 Å². The van der Waals surface area contributed by atoms with Crippen molar-refractivity contribution >= 4 is 23.5 Å². The van der Waals surface area contributed by atoms with Crippen molar-refractivity contribution in [3.05, 3.63) is 60.2 Å². The van der Waals surface area contributed by atoms with Crippen LogP contribution in [0.3, 0.4) is 0 Å². The maximum Gasteiger partial charge on any atom is 0.322 e. The second-order valence-electron chi connectivity index (χ2n) is 5.15. The highest BCUT2D eigenvalue weighted by molar-refractivity contribution is 8.00.